The molecule has 0 unspecified atom stereocenters. The van der Waals surface area contributed by atoms with E-state index in [2.05, 4.69) is 50.8 Å². The Bertz CT molecular complexity index is 837. The van der Waals surface area contributed by atoms with E-state index in [4.69, 9.17) is 4.52 Å². The molecule has 0 spiro atoms. The van der Waals surface area contributed by atoms with Crippen molar-refractivity contribution in [2.75, 3.05) is 51.2 Å². The van der Waals surface area contributed by atoms with E-state index in [1.54, 1.807) is 12.4 Å². The van der Waals surface area contributed by atoms with Crippen LogP contribution in [0.4, 0.5) is 5.82 Å². The molecule has 0 aromatic carbocycles. The first kappa shape index (κ1) is 19.8. The second-order valence-electron chi connectivity index (χ2n) is 8.26. The highest BCUT2D eigenvalue weighted by Crippen LogP contribution is 2.29. The van der Waals surface area contributed by atoms with Crippen molar-refractivity contribution in [2.24, 2.45) is 0 Å². The minimum Gasteiger partial charge on any atom is -0.355 e. The summed E-state index contributed by atoms with van der Waals surface area (Å²) in [4.78, 5) is 32.5. The van der Waals surface area contributed by atoms with E-state index in [9.17, 15) is 4.79 Å². The van der Waals surface area contributed by atoms with Crippen LogP contribution in [-0.2, 0) is 0 Å². The second-order valence-corrected chi connectivity index (χ2v) is 8.26. The summed E-state index contributed by atoms with van der Waals surface area (Å²) in [5, 5.41) is 4.08. The van der Waals surface area contributed by atoms with E-state index in [0.717, 1.165) is 69.6 Å². The van der Waals surface area contributed by atoms with Gasteiger partial charge in [-0.05, 0) is 19.9 Å². The molecule has 2 aromatic rings. The van der Waals surface area contributed by atoms with Crippen LogP contribution in [0.25, 0.3) is 0 Å². The quantitative estimate of drug-likeness (QED) is 0.768. The fraction of sp³-hybridized carbons (Fsp3) is 0.650. The minimum atomic E-state index is -0.0330. The number of amides is 1. The van der Waals surface area contributed by atoms with E-state index >= 15 is 0 Å². The van der Waals surface area contributed by atoms with E-state index in [-0.39, 0.29) is 17.7 Å². The lowest BCUT2D eigenvalue weighted by atomic mass is 9.97. The van der Waals surface area contributed by atoms with Crippen LogP contribution < -0.4 is 4.90 Å². The average molecular weight is 399 g/mol. The second kappa shape index (κ2) is 8.44. The van der Waals surface area contributed by atoms with Gasteiger partial charge in [0.1, 0.15) is 11.5 Å². The minimum absolute atomic E-state index is 0.0330. The first-order valence-corrected chi connectivity index (χ1v) is 10.4. The standard InChI is InChI=1S/C20H29N7O2/c1-14(2)18-23-19(29-24-18)15-4-6-26(7-5-15)17-13-21-12-16(22-17)20(28)27-10-8-25(3)9-11-27/h12-15H,4-11H2,1-3H3. The highest BCUT2D eigenvalue weighted by molar-refractivity contribution is 5.92. The maximum atomic E-state index is 12.8. The van der Waals surface area contributed by atoms with Gasteiger partial charge in [-0.15, -0.1) is 0 Å². The van der Waals surface area contributed by atoms with Crippen molar-refractivity contribution in [3.63, 3.8) is 0 Å². The number of likely N-dealkylation sites (N-methyl/N-ethyl adjacent to an activating group) is 1. The van der Waals surface area contributed by atoms with Gasteiger partial charge < -0.3 is 19.2 Å². The van der Waals surface area contributed by atoms with Crippen LogP contribution >= 0.6 is 0 Å². The molecule has 2 saturated heterocycles. The molecule has 1 amide bonds. The molecule has 2 fully saturated rings. The van der Waals surface area contributed by atoms with Crippen LogP contribution in [0.3, 0.4) is 0 Å². The van der Waals surface area contributed by atoms with Gasteiger partial charge in [0.15, 0.2) is 5.82 Å². The highest BCUT2D eigenvalue weighted by atomic mass is 16.5. The number of hydrogen-bond acceptors (Lipinski definition) is 8. The maximum absolute atomic E-state index is 12.8. The van der Waals surface area contributed by atoms with E-state index in [1.165, 1.54) is 0 Å². The summed E-state index contributed by atoms with van der Waals surface area (Å²) in [6.07, 6.45) is 5.14. The van der Waals surface area contributed by atoms with Crippen molar-refractivity contribution in [3.05, 3.63) is 29.8 Å². The topological polar surface area (TPSA) is 91.5 Å². The number of aromatic nitrogens is 4. The summed E-state index contributed by atoms with van der Waals surface area (Å²) in [6.45, 7) is 9.01. The van der Waals surface area contributed by atoms with Crippen LogP contribution in [0, 0.1) is 0 Å². The van der Waals surface area contributed by atoms with Gasteiger partial charge in [-0.25, -0.2) is 4.98 Å². The lowest BCUT2D eigenvalue weighted by Gasteiger charge is -2.33. The van der Waals surface area contributed by atoms with E-state index in [1.807, 2.05) is 4.90 Å². The third kappa shape index (κ3) is 4.39. The Morgan fingerprint density at radius 2 is 1.79 bits per heavy atom. The SMILES string of the molecule is CC(C)c1noc(C2CCN(c3cncc(C(=O)N4CCN(C)CC4)n3)CC2)n1. The van der Waals surface area contributed by atoms with Crippen molar-refractivity contribution in [1.82, 2.24) is 29.9 Å². The molecule has 4 heterocycles. The zero-order valence-electron chi connectivity index (χ0n) is 17.4. The molecule has 9 heteroatoms. The third-order valence-corrected chi connectivity index (χ3v) is 5.77. The molecule has 2 aliphatic rings. The van der Waals surface area contributed by atoms with Crippen LogP contribution in [0.15, 0.2) is 16.9 Å². The molecule has 2 aliphatic heterocycles. The predicted octanol–water partition coefficient (Wildman–Crippen LogP) is 1.75. The van der Waals surface area contributed by atoms with Gasteiger partial charge in [0.05, 0.1) is 12.4 Å². The third-order valence-electron chi connectivity index (χ3n) is 5.77. The Balaban J connectivity index is 1.38. The van der Waals surface area contributed by atoms with Gasteiger partial charge >= 0.3 is 0 Å². The Kier molecular flexibility index (Phi) is 5.75. The number of hydrogen-bond donors (Lipinski definition) is 0. The van der Waals surface area contributed by atoms with E-state index < -0.39 is 0 Å². The van der Waals surface area contributed by atoms with Crippen LogP contribution in [-0.4, -0.2) is 82.1 Å². The largest absolute Gasteiger partial charge is 0.355 e. The average Bonchev–Trinajstić information content (AvgIpc) is 3.25. The molecule has 4 rings (SSSR count). The van der Waals surface area contributed by atoms with Crippen LogP contribution in [0.2, 0.25) is 0 Å². The van der Waals surface area contributed by atoms with Crippen molar-refractivity contribution in [2.45, 2.75) is 38.5 Å². The summed E-state index contributed by atoms with van der Waals surface area (Å²) in [5.74, 6) is 2.77. The fourth-order valence-electron chi connectivity index (χ4n) is 3.79. The van der Waals surface area contributed by atoms with Crippen LogP contribution in [0.1, 0.15) is 60.7 Å². The Labute approximate surface area is 171 Å². The number of rotatable bonds is 4. The zero-order valence-corrected chi connectivity index (χ0v) is 17.4. The number of carbonyl (C=O) groups excluding carboxylic acids is 1. The Morgan fingerprint density at radius 3 is 2.45 bits per heavy atom. The zero-order chi connectivity index (χ0) is 20.4. The van der Waals surface area contributed by atoms with Crippen molar-refractivity contribution in [3.8, 4) is 0 Å². The molecule has 0 N–H and O–H groups in total. The number of piperidine rings is 1. The number of nitrogens with zero attached hydrogens (tertiary/aromatic N) is 7. The van der Waals surface area contributed by atoms with Crippen molar-refractivity contribution >= 4 is 11.7 Å². The lowest BCUT2D eigenvalue weighted by molar-refractivity contribution is 0.0658. The molecule has 2 aromatic heterocycles. The molecule has 29 heavy (non-hydrogen) atoms. The summed E-state index contributed by atoms with van der Waals surface area (Å²) in [7, 11) is 2.07. The molecule has 0 atom stereocenters. The monoisotopic (exact) mass is 399 g/mol. The lowest BCUT2D eigenvalue weighted by Crippen LogP contribution is -2.47. The van der Waals surface area contributed by atoms with Crippen LogP contribution in [0.5, 0.6) is 0 Å². The van der Waals surface area contributed by atoms with Gasteiger partial charge in [-0.3, -0.25) is 9.78 Å². The number of anilines is 1. The summed E-state index contributed by atoms with van der Waals surface area (Å²) >= 11 is 0. The normalized spacial score (nSPS) is 19.2. The molecular formula is C20H29N7O2. The fourth-order valence-corrected chi connectivity index (χ4v) is 3.79. The Hall–Kier alpha value is -2.55. The summed E-state index contributed by atoms with van der Waals surface area (Å²) in [6, 6.07) is 0. The van der Waals surface area contributed by atoms with Crippen molar-refractivity contribution in [1.29, 1.82) is 0 Å². The van der Waals surface area contributed by atoms with E-state index in [0.29, 0.717) is 5.69 Å². The van der Waals surface area contributed by atoms with Gasteiger partial charge in [0.25, 0.3) is 5.91 Å². The Morgan fingerprint density at radius 1 is 1.07 bits per heavy atom. The molecule has 9 nitrogen and oxygen atoms in total. The predicted molar refractivity (Wildman–Crippen MR) is 108 cm³/mol. The molecule has 0 saturated carbocycles. The van der Waals surface area contributed by atoms with Gasteiger partial charge in [0.2, 0.25) is 5.89 Å². The first-order chi connectivity index (χ1) is 14.0. The molecule has 156 valence electrons. The smallest absolute Gasteiger partial charge is 0.274 e. The highest BCUT2D eigenvalue weighted by Gasteiger charge is 2.27. The maximum Gasteiger partial charge on any atom is 0.274 e. The summed E-state index contributed by atoms with van der Waals surface area (Å²) < 4.78 is 5.47. The molecule has 0 radical (unpaired) electrons. The number of carbonyl (C=O) groups is 1. The van der Waals surface area contributed by atoms with Gasteiger partial charge in [-0.2, -0.15) is 4.98 Å². The summed E-state index contributed by atoms with van der Waals surface area (Å²) in [5.41, 5.74) is 0.424. The van der Waals surface area contributed by atoms with Crippen molar-refractivity contribution < 1.29 is 9.32 Å². The molecule has 0 aliphatic carbocycles. The molecular weight excluding hydrogens is 370 g/mol. The van der Waals surface area contributed by atoms with Gasteiger partial charge in [0, 0.05) is 51.1 Å². The first-order valence-electron chi connectivity index (χ1n) is 10.4. The molecule has 0 bridgehead atoms. The number of piperazine rings is 1. The van der Waals surface area contributed by atoms with Gasteiger partial charge in [-0.1, -0.05) is 19.0 Å².